The highest BCUT2D eigenvalue weighted by atomic mass is 32.2. The lowest BCUT2D eigenvalue weighted by Gasteiger charge is -2.32. The zero-order valence-corrected chi connectivity index (χ0v) is 12.6. The first kappa shape index (κ1) is 15.2. The molecule has 1 aromatic carbocycles. The topological polar surface area (TPSA) is 95.0 Å². The van der Waals surface area contributed by atoms with Gasteiger partial charge in [0.2, 0.25) is 20.0 Å². The number of aromatic hydroxyl groups is 1. The van der Waals surface area contributed by atoms with Crippen LogP contribution in [0.15, 0.2) is 29.2 Å². The lowest BCUT2D eigenvalue weighted by molar-refractivity contribution is 0.274. The van der Waals surface area contributed by atoms with Crippen LogP contribution in [-0.4, -0.2) is 63.0 Å². The van der Waals surface area contributed by atoms with Gasteiger partial charge in [-0.15, -0.1) is 0 Å². The number of phenols is 1. The Kier molecular flexibility index (Phi) is 4.05. The van der Waals surface area contributed by atoms with Gasteiger partial charge in [0, 0.05) is 26.2 Å². The maximum absolute atomic E-state index is 12.3. The Labute approximate surface area is 118 Å². The second-order valence-electron chi connectivity index (χ2n) is 4.56. The third-order valence-corrected chi connectivity index (χ3v) is 6.36. The molecule has 7 nitrogen and oxygen atoms in total. The van der Waals surface area contributed by atoms with Crippen molar-refractivity contribution in [2.24, 2.45) is 0 Å². The first-order chi connectivity index (χ1) is 9.21. The van der Waals surface area contributed by atoms with Crippen molar-refractivity contribution in [1.29, 1.82) is 0 Å². The Morgan fingerprint density at radius 1 is 0.900 bits per heavy atom. The SMILES string of the molecule is CS(=O)(=O)N1CCN(S(=O)(=O)c2ccc(O)cc2)CC1. The number of nitrogens with zero attached hydrogens (tertiary/aromatic N) is 2. The van der Waals surface area contributed by atoms with Crippen molar-refractivity contribution in [2.45, 2.75) is 4.90 Å². The van der Waals surface area contributed by atoms with E-state index in [2.05, 4.69) is 0 Å². The molecule has 0 spiro atoms. The third-order valence-electron chi connectivity index (χ3n) is 3.14. The zero-order valence-electron chi connectivity index (χ0n) is 10.9. The fraction of sp³-hybridized carbons (Fsp3) is 0.455. The summed E-state index contributed by atoms with van der Waals surface area (Å²) in [6.45, 7) is 0.541. The molecule has 0 bridgehead atoms. The molecule has 2 rings (SSSR count). The van der Waals surface area contributed by atoms with E-state index < -0.39 is 20.0 Å². The van der Waals surface area contributed by atoms with E-state index in [1.807, 2.05) is 0 Å². The van der Waals surface area contributed by atoms with E-state index in [1.165, 1.54) is 32.9 Å². The van der Waals surface area contributed by atoms with Gasteiger partial charge in [-0.2, -0.15) is 8.61 Å². The molecular formula is C11H16N2O5S2. The van der Waals surface area contributed by atoms with Crippen molar-refractivity contribution in [3.63, 3.8) is 0 Å². The lowest BCUT2D eigenvalue weighted by Crippen LogP contribution is -2.50. The predicted molar refractivity (Wildman–Crippen MR) is 73.3 cm³/mol. The maximum atomic E-state index is 12.3. The number of piperazine rings is 1. The van der Waals surface area contributed by atoms with Gasteiger partial charge in [-0.3, -0.25) is 0 Å². The molecule has 112 valence electrons. The smallest absolute Gasteiger partial charge is 0.243 e. The van der Waals surface area contributed by atoms with Crippen molar-refractivity contribution >= 4 is 20.0 Å². The molecule has 1 heterocycles. The molecule has 0 saturated carbocycles. The molecule has 1 aromatic rings. The van der Waals surface area contributed by atoms with E-state index in [9.17, 15) is 21.9 Å². The molecule has 1 saturated heterocycles. The summed E-state index contributed by atoms with van der Waals surface area (Å²) in [6, 6.07) is 5.26. The van der Waals surface area contributed by atoms with Crippen LogP contribution in [0.4, 0.5) is 0 Å². The summed E-state index contributed by atoms with van der Waals surface area (Å²) in [6.07, 6.45) is 1.11. The van der Waals surface area contributed by atoms with Crippen LogP contribution in [0.2, 0.25) is 0 Å². The highest BCUT2D eigenvalue weighted by Crippen LogP contribution is 2.20. The minimum absolute atomic E-state index is 0.00848. The second-order valence-corrected chi connectivity index (χ2v) is 8.48. The average molecular weight is 320 g/mol. The van der Waals surface area contributed by atoms with Gasteiger partial charge in [0.1, 0.15) is 5.75 Å². The summed E-state index contributed by atoms with van der Waals surface area (Å²) in [5.74, 6) is -0.00848. The average Bonchev–Trinajstić information content (AvgIpc) is 2.38. The molecule has 0 aliphatic carbocycles. The van der Waals surface area contributed by atoms with Crippen molar-refractivity contribution in [3.05, 3.63) is 24.3 Å². The van der Waals surface area contributed by atoms with Crippen LogP contribution in [0.25, 0.3) is 0 Å². The first-order valence-electron chi connectivity index (χ1n) is 5.95. The first-order valence-corrected chi connectivity index (χ1v) is 9.24. The molecule has 20 heavy (non-hydrogen) atoms. The summed E-state index contributed by atoms with van der Waals surface area (Å²) in [7, 11) is -6.93. The fourth-order valence-corrected chi connectivity index (χ4v) is 4.26. The predicted octanol–water partition coefficient (Wildman–Crippen LogP) is -0.342. The van der Waals surface area contributed by atoms with Gasteiger partial charge >= 0.3 is 0 Å². The number of sulfonamides is 2. The van der Waals surface area contributed by atoms with Gasteiger partial charge in [-0.1, -0.05) is 0 Å². The van der Waals surface area contributed by atoms with Gasteiger partial charge < -0.3 is 5.11 Å². The number of rotatable bonds is 3. The van der Waals surface area contributed by atoms with E-state index in [-0.39, 0.29) is 36.8 Å². The standard InChI is InChI=1S/C11H16N2O5S2/c1-19(15,16)12-6-8-13(9-7-12)20(17,18)11-4-2-10(14)3-5-11/h2-5,14H,6-9H2,1H3. The number of hydrogen-bond donors (Lipinski definition) is 1. The van der Waals surface area contributed by atoms with E-state index >= 15 is 0 Å². The second kappa shape index (κ2) is 5.32. The van der Waals surface area contributed by atoms with E-state index in [0.717, 1.165) is 6.26 Å². The summed E-state index contributed by atoms with van der Waals surface area (Å²) in [4.78, 5) is 0.0862. The van der Waals surface area contributed by atoms with Gasteiger partial charge in [-0.25, -0.2) is 16.8 Å². The van der Waals surface area contributed by atoms with E-state index in [1.54, 1.807) is 0 Å². The van der Waals surface area contributed by atoms with Crippen molar-refractivity contribution in [3.8, 4) is 5.75 Å². The largest absolute Gasteiger partial charge is 0.508 e. The fourth-order valence-electron chi connectivity index (χ4n) is 2.01. The van der Waals surface area contributed by atoms with E-state index in [0.29, 0.717) is 0 Å². The Bertz CT molecular complexity index is 674. The van der Waals surface area contributed by atoms with Crippen molar-refractivity contribution < 1.29 is 21.9 Å². The van der Waals surface area contributed by atoms with Crippen LogP contribution in [0.1, 0.15) is 0 Å². The monoisotopic (exact) mass is 320 g/mol. The molecule has 0 radical (unpaired) electrons. The van der Waals surface area contributed by atoms with Gasteiger partial charge in [0.15, 0.2) is 0 Å². The molecule has 0 amide bonds. The highest BCUT2D eigenvalue weighted by Gasteiger charge is 2.31. The number of phenolic OH excluding ortho intramolecular Hbond substituents is 1. The summed E-state index contributed by atoms with van der Waals surface area (Å²) >= 11 is 0. The zero-order chi connectivity index (χ0) is 15.0. The molecule has 0 aromatic heterocycles. The summed E-state index contributed by atoms with van der Waals surface area (Å²) in [5.41, 5.74) is 0. The minimum atomic E-state index is -3.65. The molecule has 9 heteroatoms. The number of hydrogen-bond acceptors (Lipinski definition) is 5. The Morgan fingerprint density at radius 3 is 1.80 bits per heavy atom. The molecule has 1 aliphatic rings. The summed E-state index contributed by atoms with van der Waals surface area (Å²) in [5, 5.41) is 9.18. The Hall–Kier alpha value is -1.16. The maximum Gasteiger partial charge on any atom is 0.243 e. The van der Waals surface area contributed by atoms with Crippen LogP contribution in [-0.2, 0) is 20.0 Å². The van der Waals surface area contributed by atoms with E-state index in [4.69, 9.17) is 0 Å². The normalized spacial score (nSPS) is 19.1. The molecule has 1 aliphatic heterocycles. The van der Waals surface area contributed by atoms with Crippen LogP contribution in [0.5, 0.6) is 5.75 Å². The molecule has 0 unspecified atom stereocenters. The van der Waals surface area contributed by atoms with Crippen LogP contribution < -0.4 is 0 Å². The number of benzene rings is 1. The van der Waals surface area contributed by atoms with Crippen molar-refractivity contribution in [1.82, 2.24) is 8.61 Å². The lowest BCUT2D eigenvalue weighted by atomic mass is 10.3. The van der Waals surface area contributed by atoms with Gasteiger partial charge in [0.05, 0.1) is 11.2 Å². The van der Waals surface area contributed by atoms with Gasteiger partial charge in [0.25, 0.3) is 0 Å². The molecule has 1 fully saturated rings. The molecule has 1 N–H and O–H groups in total. The van der Waals surface area contributed by atoms with Crippen LogP contribution in [0.3, 0.4) is 0 Å². The summed E-state index contributed by atoms with van der Waals surface area (Å²) < 4.78 is 49.9. The van der Waals surface area contributed by atoms with Crippen molar-refractivity contribution in [2.75, 3.05) is 32.4 Å². The molecule has 0 atom stereocenters. The third kappa shape index (κ3) is 3.11. The highest BCUT2D eigenvalue weighted by molar-refractivity contribution is 7.89. The van der Waals surface area contributed by atoms with Crippen LogP contribution >= 0.6 is 0 Å². The minimum Gasteiger partial charge on any atom is -0.508 e. The Morgan fingerprint density at radius 2 is 1.35 bits per heavy atom. The molecular weight excluding hydrogens is 304 g/mol. The van der Waals surface area contributed by atoms with Gasteiger partial charge in [-0.05, 0) is 24.3 Å². The quantitative estimate of drug-likeness (QED) is 0.822. The Balaban J connectivity index is 2.15. The van der Waals surface area contributed by atoms with Crippen LogP contribution in [0, 0.1) is 0 Å².